The molecule has 6 nitrogen and oxygen atoms in total. The molecular weight excluding hydrogens is 323 g/mol. The Bertz CT molecular complexity index is 719. The van der Waals surface area contributed by atoms with E-state index >= 15 is 0 Å². The van der Waals surface area contributed by atoms with Gasteiger partial charge in [0.15, 0.2) is 0 Å². The number of carbonyl (C=O) groups excluding carboxylic acids is 1. The van der Waals surface area contributed by atoms with Crippen molar-refractivity contribution in [3.05, 3.63) is 29.3 Å². The number of rotatable bonds is 1. The number of halogens is 1. The highest BCUT2D eigenvalue weighted by molar-refractivity contribution is 5.69. The van der Waals surface area contributed by atoms with Crippen molar-refractivity contribution in [2.24, 2.45) is 5.41 Å². The van der Waals surface area contributed by atoms with Crippen molar-refractivity contribution in [1.29, 1.82) is 5.26 Å². The van der Waals surface area contributed by atoms with Gasteiger partial charge in [-0.25, -0.2) is 9.78 Å². The maximum atomic E-state index is 13.8. The predicted molar refractivity (Wildman–Crippen MR) is 89.1 cm³/mol. The molecule has 2 saturated heterocycles. The molecule has 3 rings (SSSR count). The van der Waals surface area contributed by atoms with Crippen molar-refractivity contribution in [3.63, 3.8) is 0 Å². The standard InChI is InChI=1S/C18H23FN4O2/c1-17(2,3)25-16(24)23-5-4-18(10-21-11-18)7-14(23)13-6-15(19)22-9-12(13)8-20/h6,9,14,21H,4-5,7,10-11H2,1-3H3. The van der Waals surface area contributed by atoms with Gasteiger partial charge in [-0.3, -0.25) is 0 Å². The smallest absolute Gasteiger partial charge is 0.410 e. The first-order chi connectivity index (χ1) is 11.7. The van der Waals surface area contributed by atoms with Crippen LogP contribution in [-0.4, -0.2) is 41.2 Å². The lowest BCUT2D eigenvalue weighted by atomic mass is 9.69. The normalized spacial score (nSPS) is 22.2. The van der Waals surface area contributed by atoms with Crippen LogP contribution in [0.25, 0.3) is 0 Å². The van der Waals surface area contributed by atoms with E-state index < -0.39 is 23.7 Å². The van der Waals surface area contributed by atoms with Crippen LogP contribution < -0.4 is 5.32 Å². The van der Waals surface area contributed by atoms with Crippen molar-refractivity contribution in [1.82, 2.24) is 15.2 Å². The van der Waals surface area contributed by atoms with Crippen molar-refractivity contribution < 1.29 is 13.9 Å². The Labute approximate surface area is 147 Å². The monoisotopic (exact) mass is 346 g/mol. The fraction of sp³-hybridized carbons (Fsp3) is 0.611. The number of nitrogens with one attached hydrogen (secondary N) is 1. The Morgan fingerprint density at radius 2 is 2.24 bits per heavy atom. The highest BCUT2D eigenvalue weighted by Crippen LogP contribution is 2.45. The van der Waals surface area contributed by atoms with Crippen LogP contribution in [0, 0.1) is 22.7 Å². The molecule has 1 amide bonds. The van der Waals surface area contributed by atoms with Crippen LogP contribution in [0.2, 0.25) is 0 Å². The van der Waals surface area contributed by atoms with Crippen LogP contribution in [0.15, 0.2) is 12.3 Å². The summed E-state index contributed by atoms with van der Waals surface area (Å²) in [6.07, 6.45) is 2.35. The first-order valence-corrected chi connectivity index (χ1v) is 8.49. The summed E-state index contributed by atoms with van der Waals surface area (Å²) in [4.78, 5) is 17.9. The Hall–Kier alpha value is -2.20. The Morgan fingerprint density at radius 1 is 1.52 bits per heavy atom. The maximum absolute atomic E-state index is 13.8. The maximum Gasteiger partial charge on any atom is 0.410 e. The quantitative estimate of drug-likeness (QED) is 0.791. The van der Waals surface area contributed by atoms with E-state index in [2.05, 4.69) is 16.4 Å². The lowest BCUT2D eigenvalue weighted by Gasteiger charge is -2.51. The van der Waals surface area contributed by atoms with Gasteiger partial charge in [0.1, 0.15) is 11.7 Å². The molecule has 134 valence electrons. The van der Waals surface area contributed by atoms with E-state index in [1.807, 2.05) is 20.8 Å². The largest absolute Gasteiger partial charge is 0.444 e. The van der Waals surface area contributed by atoms with Gasteiger partial charge in [0.25, 0.3) is 0 Å². The number of aromatic nitrogens is 1. The zero-order chi connectivity index (χ0) is 18.2. The van der Waals surface area contributed by atoms with Crippen LogP contribution >= 0.6 is 0 Å². The molecule has 1 aromatic rings. The molecule has 1 atom stereocenters. The summed E-state index contributed by atoms with van der Waals surface area (Å²) in [5.74, 6) is -0.649. The third-order valence-electron chi connectivity index (χ3n) is 4.90. The molecule has 0 aromatic carbocycles. The first-order valence-electron chi connectivity index (χ1n) is 8.49. The van der Waals surface area contributed by atoms with Gasteiger partial charge in [0, 0.05) is 25.8 Å². The zero-order valence-corrected chi connectivity index (χ0v) is 14.8. The zero-order valence-electron chi connectivity index (χ0n) is 14.8. The molecule has 2 aliphatic heterocycles. The van der Waals surface area contributed by atoms with Gasteiger partial charge in [-0.1, -0.05) is 0 Å². The number of piperidine rings is 1. The van der Waals surface area contributed by atoms with E-state index in [1.165, 1.54) is 12.3 Å². The van der Waals surface area contributed by atoms with Crippen LogP contribution in [0.1, 0.15) is 50.8 Å². The molecule has 1 N–H and O–H groups in total. The number of carbonyl (C=O) groups is 1. The van der Waals surface area contributed by atoms with E-state index in [0.29, 0.717) is 24.1 Å². The van der Waals surface area contributed by atoms with E-state index in [4.69, 9.17) is 4.74 Å². The van der Waals surface area contributed by atoms with E-state index in [1.54, 1.807) is 4.90 Å². The Kier molecular flexibility index (Phi) is 4.41. The molecule has 7 heteroatoms. The molecule has 1 aromatic heterocycles. The highest BCUT2D eigenvalue weighted by atomic mass is 19.1. The molecule has 1 spiro atoms. The molecular formula is C18H23FN4O2. The molecule has 25 heavy (non-hydrogen) atoms. The fourth-order valence-corrected chi connectivity index (χ4v) is 3.57. The highest BCUT2D eigenvalue weighted by Gasteiger charge is 2.47. The van der Waals surface area contributed by atoms with Crippen molar-refractivity contribution in [3.8, 4) is 6.07 Å². The Morgan fingerprint density at radius 3 is 2.80 bits per heavy atom. The molecule has 2 aliphatic rings. The van der Waals surface area contributed by atoms with Gasteiger partial charge < -0.3 is 15.0 Å². The van der Waals surface area contributed by atoms with Crippen LogP contribution in [0.5, 0.6) is 0 Å². The summed E-state index contributed by atoms with van der Waals surface area (Å²) in [6, 6.07) is 2.95. The predicted octanol–water partition coefficient (Wildman–Crippen LogP) is 2.75. The minimum atomic E-state index is -0.649. The summed E-state index contributed by atoms with van der Waals surface area (Å²) in [5, 5.41) is 12.7. The Balaban J connectivity index is 1.96. The molecule has 0 bridgehead atoms. The third-order valence-corrected chi connectivity index (χ3v) is 4.90. The first kappa shape index (κ1) is 17.6. The van der Waals surface area contributed by atoms with Gasteiger partial charge in [-0.15, -0.1) is 0 Å². The second-order valence-electron chi connectivity index (χ2n) is 7.95. The summed E-state index contributed by atoms with van der Waals surface area (Å²) >= 11 is 0. The average molecular weight is 346 g/mol. The van der Waals surface area contributed by atoms with E-state index in [9.17, 15) is 14.4 Å². The number of nitrogens with zero attached hydrogens (tertiary/aromatic N) is 3. The lowest BCUT2D eigenvalue weighted by Crippen LogP contribution is -2.59. The van der Waals surface area contributed by atoms with Gasteiger partial charge >= 0.3 is 6.09 Å². The summed E-state index contributed by atoms with van der Waals surface area (Å²) in [6.45, 7) is 7.72. The van der Waals surface area contributed by atoms with Crippen molar-refractivity contribution in [2.45, 2.75) is 45.3 Å². The molecule has 2 fully saturated rings. The molecule has 1 unspecified atom stereocenters. The van der Waals surface area contributed by atoms with Crippen LogP contribution in [0.4, 0.5) is 9.18 Å². The van der Waals surface area contributed by atoms with Gasteiger partial charge in [0.2, 0.25) is 5.95 Å². The second kappa shape index (κ2) is 6.26. The summed E-state index contributed by atoms with van der Waals surface area (Å²) < 4.78 is 19.3. The van der Waals surface area contributed by atoms with E-state index in [-0.39, 0.29) is 5.41 Å². The average Bonchev–Trinajstić information content (AvgIpc) is 2.51. The fourth-order valence-electron chi connectivity index (χ4n) is 3.57. The van der Waals surface area contributed by atoms with Crippen LogP contribution in [0.3, 0.4) is 0 Å². The number of hydrogen-bond acceptors (Lipinski definition) is 5. The summed E-state index contributed by atoms with van der Waals surface area (Å²) in [7, 11) is 0. The number of hydrogen-bond donors (Lipinski definition) is 1. The van der Waals surface area contributed by atoms with Gasteiger partial charge in [-0.05, 0) is 50.7 Å². The number of likely N-dealkylation sites (tertiary alicyclic amines) is 1. The summed E-state index contributed by atoms with van der Waals surface area (Å²) in [5.41, 5.74) is 0.280. The topological polar surface area (TPSA) is 78.2 Å². The van der Waals surface area contributed by atoms with Gasteiger partial charge in [0.05, 0.1) is 11.6 Å². The number of nitriles is 1. The lowest BCUT2D eigenvalue weighted by molar-refractivity contribution is -0.0212. The van der Waals surface area contributed by atoms with E-state index in [0.717, 1.165) is 19.5 Å². The third kappa shape index (κ3) is 3.59. The van der Waals surface area contributed by atoms with Crippen molar-refractivity contribution >= 4 is 6.09 Å². The number of pyridine rings is 1. The molecule has 0 radical (unpaired) electrons. The molecule has 0 aliphatic carbocycles. The molecule has 0 saturated carbocycles. The minimum Gasteiger partial charge on any atom is -0.444 e. The van der Waals surface area contributed by atoms with Gasteiger partial charge in [-0.2, -0.15) is 9.65 Å². The number of ether oxygens (including phenoxy) is 1. The molecule has 3 heterocycles. The second-order valence-corrected chi connectivity index (χ2v) is 7.95. The number of amides is 1. The SMILES string of the molecule is CC(C)(C)OC(=O)N1CCC2(CNC2)CC1c1cc(F)ncc1C#N. The van der Waals surface area contributed by atoms with Crippen molar-refractivity contribution in [2.75, 3.05) is 19.6 Å². The minimum absolute atomic E-state index is 0.0929. The van der Waals surface area contributed by atoms with Crippen LogP contribution in [-0.2, 0) is 4.74 Å².